The summed E-state index contributed by atoms with van der Waals surface area (Å²) in [6.07, 6.45) is 0.747. The molecule has 0 bridgehead atoms. The predicted molar refractivity (Wildman–Crippen MR) is 51.9 cm³/mol. The highest BCUT2D eigenvalue weighted by Gasteiger charge is 2.09. The lowest BCUT2D eigenvalue weighted by atomic mass is 10.0. The molecule has 0 aliphatic rings. The van der Waals surface area contributed by atoms with Gasteiger partial charge in [0.05, 0.1) is 0 Å². The molecule has 0 heterocycles. The zero-order chi connectivity index (χ0) is 9.68. The minimum atomic E-state index is -0.217. The van der Waals surface area contributed by atoms with E-state index in [9.17, 15) is 4.39 Å². The van der Waals surface area contributed by atoms with Crippen molar-refractivity contribution >= 4 is 0 Å². The lowest BCUT2D eigenvalue weighted by Gasteiger charge is -2.11. The van der Waals surface area contributed by atoms with Crippen LogP contribution in [-0.2, 0) is 0 Å². The summed E-state index contributed by atoms with van der Waals surface area (Å²) >= 11 is 0. The summed E-state index contributed by atoms with van der Waals surface area (Å²) in [5, 5.41) is 2.99. The van der Waals surface area contributed by atoms with Gasteiger partial charge in [-0.15, -0.1) is 0 Å². The summed E-state index contributed by atoms with van der Waals surface area (Å²) in [6.45, 7) is 0.801. The standard InChI is InChI=1S/C10H15FN2/c1-13-7-6-10(12)8-4-2-3-5-9(8)11/h2-5,10,13H,6-7,12H2,1H3. The molecule has 0 aromatic heterocycles. The topological polar surface area (TPSA) is 38.0 Å². The molecule has 1 atom stereocenters. The number of rotatable bonds is 4. The van der Waals surface area contributed by atoms with E-state index in [1.807, 2.05) is 7.05 Å². The van der Waals surface area contributed by atoms with E-state index in [0.29, 0.717) is 5.56 Å². The monoisotopic (exact) mass is 182 g/mol. The highest BCUT2D eigenvalue weighted by atomic mass is 19.1. The molecule has 0 aliphatic heterocycles. The molecule has 2 nitrogen and oxygen atoms in total. The van der Waals surface area contributed by atoms with Crippen molar-refractivity contribution in [3.8, 4) is 0 Å². The van der Waals surface area contributed by atoms with E-state index in [0.717, 1.165) is 13.0 Å². The molecule has 1 rings (SSSR count). The molecule has 0 fully saturated rings. The molecule has 0 saturated heterocycles. The Labute approximate surface area is 77.9 Å². The zero-order valence-corrected chi connectivity index (χ0v) is 7.76. The van der Waals surface area contributed by atoms with Crippen molar-refractivity contribution in [1.29, 1.82) is 0 Å². The van der Waals surface area contributed by atoms with E-state index in [-0.39, 0.29) is 11.9 Å². The Morgan fingerprint density at radius 1 is 1.46 bits per heavy atom. The minimum absolute atomic E-state index is 0.214. The second-order valence-corrected chi connectivity index (χ2v) is 3.02. The Morgan fingerprint density at radius 2 is 2.15 bits per heavy atom. The van der Waals surface area contributed by atoms with Crippen LogP contribution >= 0.6 is 0 Å². The van der Waals surface area contributed by atoms with Crippen molar-refractivity contribution in [1.82, 2.24) is 5.32 Å². The second kappa shape index (κ2) is 4.94. The molecule has 1 aromatic carbocycles. The fourth-order valence-electron chi connectivity index (χ4n) is 1.23. The van der Waals surface area contributed by atoms with Gasteiger partial charge < -0.3 is 11.1 Å². The molecule has 0 aliphatic carbocycles. The lowest BCUT2D eigenvalue weighted by molar-refractivity contribution is 0.554. The summed E-state index contributed by atoms with van der Waals surface area (Å²) in [6, 6.07) is 6.43. The van der Waals surface area contributed by atoms with E-state index in [2.05, 4.69) is 5.32 Å². The Bertz CT molecular complexity index is 263. The molecule has 13 heavy (non-hydrogen) atoms. The van der Waals surface area contributed by atoms with Gasteiger partial charge in [-0.1, -0.05) is 18.2 Å². The van der Waals surface area contributed by atoms with E-state index in [1.165, 1.54) is 6.07 Å². The highest BCUT2D eigenvalue weighted by Crippen LogP contribution is 2.16. The first-order valence-corrected chi connectivity index (χ1v) is 4.40. The number of nitrogens with one attached hydrogen (secondary N) is 1. The van der Waals surface area contributed by atoms with Crippen LogP contribution in [0.15, 0.2) is 24.3 Å². The van der Waals surface area contributed by atoms with Crippen molar-refractivity contribution in [2.75, 3.05) is 13.6 Å². The van der Waals surface area contributed by atoms with Gasteiger partial charge in [0.25, 0.3) is 0 Å². The number of halogens is 1. The van der Waals surface area contributed by atoms with E-state index >= 15 is 0 Å². The van der Waals surface area contributed by atoms with Crippen LogP contribution < -0.4 is 11.1 Å². The average molecular weight is 182 g/mol. The Hall–Kier alpha value is -0.930. The lowest BCUT2D eigenvalue weighted by Crippen LogP contribution is -2.18. The van der Waals surface area contributed by atoms with Crippen molar-refractivity contribution in [2.45, 2.75) is 12.5 Å². The Kier molecular flexibility index (Phi) is 3.86. The second-order valence-electron chi connectivity index (χ2n) is 3.02. The van der Waals surface area contributed by atoms with Gasteiger partial charge in [-0.05, 0) is 26.1 Å². The van der Waals surface area contributed by atoms with Crippen LogP contribution in [-0.4, -0.2) is 13.6 Å². The van der Waals surface area contributed by atoms with Gasteiger partial charge in [0, 0.05) is 11.6 Å². The summed E-state index contributed by atoms with van der Waals surface area (Å²) in [5.74, 6) is -0.217. The maximum absolute atomic E-state index is 13.2. The third-order valence-electron chi connectivity index (χ3n) is 2.01. The zero-order valence-electron chi connectivity index (χ0n) is 7.76. The van der Waals surface area contributed by atoms with Crippen LogP contribution in [0.5, 0.6) is 0 Å². The van der Waals surface area contributed by atoms with Gasteiger partial charge in [-0.25, -0.2) is 4.39 Å². The Balaban J connectivity index is 2.65. The normalized spacial score (nSPS) is 12.8. The SMILES string of the molecule is CNCCC(N)c1ccccc1F. The molecular weight excluding hydrogens is 167 g/mol. The first-order valence-electron chi connectivity index (χ1n) is 4.40. The van der Waals surface area contributed by atoms with Crippen molar-refractivity contribution < 1.29 is 4.39 Å². The molecule has 0 saturated carbocycles. The van der Waals surface area contributed by atoms with Crippen molar-refractivity contribution in [3.05, 3.63) is 35.6 Å². The number of hydrogen-bond donors (Lipinski definition) is 2. The largest absolute Gasteiger partial charge is 0.324 e. The van der Waals surface area contributed by atoms with E-state index in [4.69, 9.17) is 5.73 Å². The number of nitrogens with two attached hydrogens (primary N) is 1. The van der Waals surface area contributed by atoms with Gasteiger partial charge >= 0.3 is 0 Å². The quantitative estimate of drug-likeness (QED) is 0.739. The fourth-order valence-corrected chi connectivity index (χ4v) is 1.23. The summed E-state index contributed by atoms with van der Waals surface area (Å²) < 4.78 is 13.2. The van der Waals surface area contributed by atoms with Crippen molar-refractivity contribution in [2.24, 2.45) is 5.73 Å². The maximum atomic E-state index is 13.2. The van der Waals surface area contributed by atoms with E-state index in [1.54, 1.807) is 18.2 Å². The van der Waals surface area contributed by atoms with Crippen LogP contribution in [0.3, 0.4) is 0 Å². The van der Waals surface area contributed by atoms with Gasteiger partial charge in [0.1, 0.15) is 5.82 Å². The molecule has 3 heteroatoms. The predicted octanol–water partition coefficient (Wildman–Crippen LogP) is 1.43. The molecule has 1 aromatic rings. The third-order valence-corrected chi connectivity index (χ3v) is 2.01. The first kappa shape index (κ1) is 10.2. The molecular formula is C10H15FN2. The Morgan fingerprint density at radius 3 is 2.77 bits per heavy atom. The van der Waals surface area contributed by atoms with Crippen LogP contribution in [0.4, 0.5) is 4.39 Å². The summed E-state index contributed by atoms with van der Waals surface area (Å²) in [7, 11) is 1.86. The fraction of sp³-hybridized carbons (Fsp3) is 0.400. The molecule has 0 spiro atoms. The van der Waals surface area contributed by atoms with Gasteiger partial charge in [-0.2, -0.15) is 0 Å². The van der Waals surface area contributed by atoms with Crippen LogP contribution in [0.2, 0.25) is 0 Å². The maximum Gasteiger partial charge on any atom is 0.127 e. The van der Waals surface area contributed by atoms with Gasteiger partial charge in [-0.3, -0.25) is 0 Å². The summed E-state index contributed by atoms with van der Waals surface area (Å²) in [4.78, 5) is 0. The number of benzene rings is 1. The average Bonchev–Trinajstić information content (AvgIpc) is 2.15. The van der Waals surface area contributed by atoms with Gasteiger partial charge in [0.2, 0.25) is 0 Å². The van der Waals surface area contributed by atoms with Gasteiger partial charge in [0.15, 0.2) is 0 Å². The van der Waals surface area contributed by atoms with E-state index < -0.39 is 0 Å². The smallest absolute Gasteiger partial charge is 0.127 e. The van der Waals surface area contributed by atoms with Crippen LogP contribution in [0.25, 0.3) is 0 Å². The third kappa shape index (κ3) is 2.79. The molecule has 0 amide bonds. The van der Waals surface area contributed by atoms with Crippen LogP contribution in [0, 0.1) is 5.82 Å². The highest BCUT2D eigenvalue weighted by molar-refractivity contribution is 5.20. The molecule has 1 unspecified atom stereocenters. The molecule has 3 N–H and O–H groups in total. The molecule has 72 valence electrons. The minimum Gasteiger partial charge on any atom is -0.324 e. The van der Waals surface area contributed by atoms with Crippen LogP contribution in [0.1, 0.15) is 18.0 Å². The number of hydrogen-bond acceptors (Lipinski definition) is 2. The molecule has 0 radical (unpaired) electrons. The summed E-state index contributed by atoms with van der Waals surface area (Å²) in [5.41, 5.74) is 6.40. The first-order chi connectivity index (χ1) is 6.25. The van der Waals surface area contributed by atoms with Crippen molar-refractivity contribution in [3.63, 3.8) is 0 Å².